The molecule has 1 aromatic rings. The molecular formula is C13H20BrNS. The summed E-state index contributed by atoms with van der Waals surface area (Å²) in [5.41, 5.74) is 0. The Balaban J connectivity index is 1.88. The first kappa shape index (κ1) is 12.6. The minimum absolute atomic E-state index is 0.479. The smallest absolute Gasteiger partial charge is 0.0388 e. The highest BCUT2D eigenvalue weighted by Gasteiger charge is 2.23. The van der Waals surface area contributed by atoms with Crippen LogP contribution in [0.25, 0.3) is 0 Å². The summed E-state index contributed by atoms with van der Waals surface area (Å²) in [5, 5.41) is 5.90. The Morgan fingerprint density at radius 3 is 2.62 bits per heavy atom. The van der Waals surface area contributed by atoms with Crippen LogP contribution in [-0.4, -0.2) is 6.04 Å². The Morgan fingerprint density at radius 1 is 1.38 bits per heavy atom. The van der Waals surface area contributed by atoms with Crippen LogP contribution in [0.1, 0.15) is 50.4 Å². The minimum atomic E-state index is 0.479. The first-order chi connectivity index (χ1) is 7.66. The van der Waals surface area contributed by atoms with Crippen molar-refractivity contribution in [3.8, 4) is 0 Å². The molecule has 0 spiro atoms. The van der Waals surface area contributed by atoms with E-state index in [0.717, 1.165) is 5.92 Å². The molecule has 90 valence electrons. The number of halogens is 1. The van der Waals surface area contributed by atoms with Crippen molar-refractivity contribution < 1.29 is 0 Å². The largest absolute Gasteiger partial charge is 0.307 e. The van der Waals surface area contributed by atoms with Crippen molar-refractivity contribution in [2.45, 2.75) is 51.6 Å². The van der Waals surface area contributed by atoms with Crippen molar-refractivity contribution in [1.29, 1.82) is 0 Å². The van der Waals surface area contributed by atoms with Crippen LogP contribution in [0.4, 0.5) is 0 Å². The second-order valence-corrected chi connectivity index (χ2v) is 6.75. The van der Waals surface area contributed by atoms with Gasteiger partial charge >= 0.3 is 0 Å². The van der Waals surface area contributed by atoms with E-state index in [1.54, 1.807) is 0 Å². The monoisotopic (exact) mass is 301 g/mol. The van der Waals surface area contributed by atoms with Gasteiger partial charge in [-0.25, -0.2) is 0 Å². The Morgan fingerprint density at radius 2 is 2.06 bits per heavy atom. The molecule has 0 aliphatic heterocycles. The zero-order valence-corrected chi connectivity index (χ0v) is 12.4. The lowest BCUT2D eigenvalue weighted by Gasteiger charge is -2.24. The summed E-state index contributed by atoms with van der Waals surface area (Å²) in [6, 6.07) is 3.36. The second-order valence-electron chi connectivity index (χ2n) is 4.89. The molecule has 2 rings (SSSR count). The van der Waals surface area contributed by atoms with Crippen LogP contribution in [0.15, 0.2) is 15.9 Å². The van der Waals surface area contributed by atoms with Gasteiger partial charge in [0, 0.05) is 26.8 Å². The van der Waals surface area contributed by atoms with Gasteiger partial charge in [0.15, 0.2) is 0 Å². The summed E-state index contributed by atoms with van der Waals surface area (Å²) in [4.78, 5) is 1.43. The number of hydrogen-bond donors (Lipinski definition) is 1. The lowest BCUT2D eigenvalue weighted by molar-refractivity contribution is 0.354. The molecule has 1 aromatic heterocycles. The first-order valence-corrected chi connectivity index (χ1v) is 7.84. The van der Waals surface area contributed by atoms with E-state index in [4.69, 9.17) is 0 Å². The van der Waals surface area contributed by atoms with Crippen LogP contribution in [0.3, 0.4) is 0 Å². The van der Waals surface area contributed by atoms with Gasteiger partial charge in [-0.05, 0) is 54.6 Å². The fourth-order valence-corrected chi connectivity index (χ4v) is 4.09. The van der Waals surface area contributed by atoms with Crippen molar-refractivity contribution in [3.05, 3.63) is 20.8 Å². The molecule has 1 aliphatic rings. The molecule has 0 radical (unpaired) electrons. The fourth-order valence-electron chi connectivity index (χ4n) is 2.63. The van der Waals surface area contributed by atoms with Crippen LogP contribution < -0.4 is 5.32 Å². The first-order valence-electron chi connectivity index (χ1n) is 6.17. The molecule has 1 N–H and O–H groups in total. The maximum Gasteiger partial charge on any atom is 0.0388 e. The van der Waals surface area contributed by atoms with E-state index in [-0.39, 0.29) is 0 Å². The van der Waals surface area contributed by atoms with Crippen LogP contribution in [0.2, 0.25) is 0 Å². The predicted octanol–water partition coefficient (Wildman–Crippen LogP) is 4.74. The SMILES string of the molecule is CC(NC(C)C1CCCC1)c1cc(Br)cs1. The predicted molar refractivity (Wildman–Crippen MR) is 75.0 cm³/mol. The molecule has 1 nitrogen and oxygen atoms in total. The molecule has 1 saturated carbocycles. The molecule has 2 atom stereocenters. The highest BCUT2D eigenvalue weighted by atomic mass is 79.9. The standard InChI is InChI=1S/C13H20BrNS/c1-9(11-5-3-4-6-11)15-10(2)13-7-12(14)8-16-13/h7-11,15H,3-6H2,1-2H3. The molecule has 2 unspecified atom stereocenters. The van der Waals surface area contributed by atoms with E-state index in [9.17, 15) is 0 Å². The summed E-state index contributed by atoms with van der Waals surface area (Å²) < 4.78 is 1.20. The van der Waals surface area contributed by atoms with Crippen molar-refractivity contribution in [2.24, 2.45) is 5.92 Å². The van der Waals surface area contributed by atoms with Gasteiger partial charge in [-0.1, -0.05) is 12.8 Å². The summed E-state index contributed by atoms with van der Waals surface area (Å²) >= 11 is 5.35. The average molecular weight is 302 g/mol. The zero-order chi connectivity index (χ0) is 11.5. The number of thiophene rings is 1. The molecular weight excluding hydrogens is 282 g/mol. The van der Waals surface area contributed by atoms with Crippen LogP contribution in [0, 0.1) is 5.92 Å². The zero-order valence-electron chi connectivity index (χ0n) is 10.0. The summed E-state index contributed by atoms with van der Waals surface area (Å²) in [6.45, 7) is 4.61. The van der Waals surface area contributed by atoms with E-state index in [1.165, 1.54) is 35.0 Å². The van der Waals surface area contributed by atoms with Crippen molar-refractivity contribution in [2.75, 3.05) is 0 Å². The van der Waals surface area contributed by atoms with Crippen LogP contribution in [-0.2, 0) is 0 Å². The lowest BCUT2D eigenvalue weighted by Crippen LogP contribution is -2.33. The van der Waals surface area contributed by atoms with Crippen molar-refractivity contribution in [3.63, 3.8) is 0 Å². The van der Waals surface area contributed by atoms with E-state index >= 15 is 0 Å². The number of hydrogen-bond acceptors (Lipinski definition) is 2. The quantitative estimate of drug-likeness (QED) is 0.847. The van der Waals surface area contributed by atoms with Gasteiger partial charge in [0.2, 0.25) is 0 Å². The number of nitrogens with one attached hydrogen (secondary N) is 1. The van der Waals surface area contributed by atoms with Crippen LogP contribution >= 0.6 is 27.3 Å². The van der Waals surface area contributed by atoms with Gasteiger partial charge in [0.05, 0.1) is 0 Å². The Hall–Kier alpha value is 0.140. The minimum Gasteiger partial charge on any atom is -0.307 e. The van der Waals surface area contributed by atoms with Gasteiger partial charge in [-0.2, -0.15) is 0 Å². The third-order valence-electron chi connectivity index (χ3n) is 3.63. The van der Waals surface area contributed by atoms with E-state index in [0.29, 0.717) is 12.1 Å². The third-order valence-corrected chi connectivity index (χ3v) is 5.51. The summed E-state index contributed by atoms with van der Waals surface area (Å²) in [7, 11) is 0. The van der Waals surface area contributed by atoms with E-state index in [2.05, 4.69) is 46.5 Å². The molecule has 3 heteroatoms. The fraction of sp³-hybridized carbons (Fsp3) is 0.692. The normalized spacial score (nSPS) is 21.2. The lowest BCUT2D eigenvalue weighted by atomic mass is 9.99. The molecule has 0 amide bonds. The van der Waals surface area contributed by atoms with E-state index < -0.39 is 0 Å². The summed E-state index contributed by atoms with van der Waals surface area (Å²) in [5.74, 6) is 0.894. The van der Waals surface area contributed by atoms with Gasteiger partial charge in [0.1, 0.15) is 0 Å². The molecule has 16 heavy (non-hydrogen) atoms. The molecule has 1 fully saturated rings. The highest BCUT2D eigenvalue weighted by Crippen LogP contribution is 2.30. The third kappa shape index (κ3) is 3.08. The van der Waals surface area contributed by atoms with Gasteiger partial charge < -0.3 is 5.32 Å². The van der Waals surface area contributed by atoms with Crippen molar-refractivity contribution in [1.82, 2.24) is 5.32 Å². The van der Waals surface area contributed by atoms with Gasteiger partial charge in [-0.15, -0.1) is 11.3 Å². The van der Waals surface area contributed by atoms with Gasteiger partial charge in [-0.3, -0.25) is 0 Å². The highest BCUT2D eigenvalue weighted by molar-refractivity contribution is 9.10. The van der Waals surface area contributed by atoms with E-state index in [1.807, 2.05) is 11.3 Å². The number of rotatable bonds is 4. The molecule has 1 aliphatic carbocycles. The average Bonchev–Trinajstić information content (AvgIpc) is 2.87. The molecule has 1 heterocycles. The van der Waals surface area contributed by atoms with Crippen molar-refractivity contribution >= 4 is 27.3 Å². The molecule has 0 bridgehead atoms. The Labute approximate surface area is 111 Å². The Kier molecular flexibility index (Phi) is 4.45. The maximum atomic E-state index is 3.74. The van der Waals surface area contributed by atoms with Gasteiger partial charge in [0.25, 0.3) is 0 Å². The second kappa shape index (κ2) is 5.65. The topological polar surface area (TPSA) is 12.0 Å². The van der Waals surface area contributed by atoms with Crippen LogP contribution in [0.5, 0.6) is 0 Å². The Bertz CT molecular complexity index is 330. The molecule has 0 saturated heterocycles. The maximum absolute atomic E-state index is 3.74. The molecule has 0 aromatic carbocycles. The summed E-state index contributed by atoms with van der Waals surface area (Å²) in [6.07, 6.45) is 5.68.